The maximum Gasteiger partial charge on any atom is 0.327 e. The lowest BCUT2D eigenvalue weighted by Crippen LogP contribution is -2.61. The molecule has 14 N–H and O–H groups in total. The Morgan fingerprint density at radius 2 is 1.25 bits per heavy atom. The van der Waals surface area contributed by atoms with E-state index in [0.29, 0.717) is 24.0 Å². The molecule has 1 saturated heterocycles. The SMILES string of the molecule is C[C@@H]1NC(=O)[C@H](Cc2ccccc2)NC(=O)[C@@H](N)CSSC[C@@H](C(=O)O)NC(=O)[C@H](C)NC(=O)[C@H]([C@@H](C)O)NC(=O)[C@H](CCCCN)NC(=O)[C@H](Cc2c[nH]c3ccccc23)NC1=O. The second-order valence-electron chi connectivity index (χ2n) is 15.5. The summed E-state index contributed by atoms with van der Waals surface area (Å²) in [6, 6.07) is 5.45. The lowest BCUT2D eigenvalue weighted by molar-refractivity contribution is -0.141. The highest BCUT2D eigenvalue weighted by Crippen LogP contribution is 2.23. The van der Waals surface area contributed by atoms with E-state index >= 15 is 0 Å². The number of H-pyrrole nitrogens is 1. The zero-order valence-corrected chi connectivity index (χ0v) is 37.4. The molecule has 1 aliphatic rings. The van der Waals surface area contributed by atoms with Gasteiger partial charge in [-0.2, -0.15) is 0 Å². The van der Waals surface area contributed by atoms with Crippen LogP contribution in [0.15, 0.2) is 60.8 Å². The van der Waals surface area contributed by atoms with Crippen LogP contribution in [0, 0.1) is 0 Å². The van der Waals surface area contributed by atoms with Gasteiger partial charge >= 0.3 is 5.97 Å². The second kappa shape index (κ2) is 25.0. The van der Waals surface area contributed by atoms with Crippen LogP contribution in [-0.2, 0) is 51.2 Å². The summed E-state index contributed by atoms with van der Waals surface area (Å²) in [5.41, 5.74) is 14.0. The normalized spacial score (nSPS) is 26.0. The van der Waals surface area contributed by atoms with Crippen LogP contribution in [-0.4, -0.2) is 135 Å². The largest absolute Gasteiger partial charge is 0.480 e. The summed E-state index contributed by atoms with van der Waals surface area (Å²) in [4.78, 5) is 111. The summed E-state index contributed by atoms with van der Waals surface area (Å²) < 4.78 is 0. The van der Waals surface area contributed by atoms with Gasteiger partial charge in [-0.25, -0.2) is 4.79 Å². The van der Waals surface area contributed by atoms with Crippen LogP contribution < -0.4 is 48.7 Å². The molecule has 4 rings (SSSR count). The number of fused-ring (bicyclic) bond motifs is 1. The number of benzene rings is 2. The zero-order chi connectivity index (χ0) is 46.9. The lowest BCUT2D eigenvalue weighted by Gasteiger charge is -2.28. The number of carbonyl (C=O) groups is 8. The number of rotatable bonds is 10. The van der Waals surface area contributed by atoms with Gasteiger partial charge in [0.25, 0.3) is 0 Å². The Kier molecular flexibility index (Phi) is 19.9. The van der Waals surface area contributed by atoms with E-state index in [4.69, 9.17) is 11.5 Å². The van der Waals surface area contributed by atoms with E-state index in [2.05, 4.69) is 42.2 Å². The number of aromatic amines is 1. The molecule has 1 aromatic heterocycles. The van der Waals surface area contributed by atoms with E-state index in [-0.39, 0.29) is 37.3 Å². The first-order chi connectivity index (χ1) is 30.5. The topological polar surface area (TPSA) is 329 Å². The summed E-state index contributed by atoms with van der Waals surface area (Å²) >= 11 is 0. The number of nitrogens with one attached hydrogen (secondary N) is 8. The van der Waals surface area contributed by atoms with Crippen LogP contribution in [0.1, 0.15) is 51.2 Å². The highest BCUT2D eigenvalue weighted by atomic mass is 33.1. The molecule has 64 heavy (non-hydrogen) atoms. The van der Waals surface area contributed by atoms with Crippen LogP contribution in [0.4, 0.5) is 0 Å². The quantitative estimate of drug-likeness (QED) is 0.0832. The molecule has 2 heterocycles. The number of carboxylic acid groups (broad SMARTS) is 1. The minimum atomic E-state index is -1.63. The van der Waals surface area contributed by atoms with Gasteiger partial charge in [0.1, 0.15) is 42.3 Å². The van der Waals surface area contributed by atoms with E-state index in [1.165, 1.54) is 20.8 Å². The number of carboxylic acids is 1. The maximum absolute atomic E-state index is 14.3. The number of aliphatic hydroxyl groups excluding tert-OH is 1. The number of unbranched alkanes of at least 4 members (excludes halogenated alkanes) is 1. The van der Waals surface area contributed by atoms with Crippen molar-refractivity contribution in [2.75, 3.05) is 18.1 Å². The Bertz CT molecular complexity index is 2110. The van der Waals surface area contributed by atoms with Gasteiger partial charge in [0.2, 0.25) is 41.4 Å². The molecule has 0 aliphatic carbocycles. The molecule has 22 heteroatoms. The van der Waals surface area contributed by atoms with Gasteiger partial charge in [0, 0.05) is 41.4 Å². The number of amides is 7. The highest BCUT2D eigenvalue weighted by Gasteiger charge is 2.35. The summed E-state index contributed by atoms with van der Waals surface area (Å²) in [5, 5.41) is 39.1. The van der Waals surface area contributed by atoms with E-state index in [9.17, 15) is 48.6 Å². The fraction of sp³-hybridized carbons (Fsp3) is 0.476. The van der Waals surface area contributed by atoms with Crippen molar-refractivity contribution in [3.63, 3.8) is 0 Å². The Morgan fingerprint density at radius 1 is 0.688 bits per heavy atom. The smallest absolute Gasteiger partial charge is 0.327 e. The third-order valence-corrected chi connectivity index (χ3v) is 12.8. The molecule has 348 valence electrons. The summed E-state index contributed by atoms with van der Waals surface area (Å²) in [7, 11) is 2.06. The first-order valence-corrected chi connectivity index (χ1v) is 23.3. The van der Waals surface area contributed by atoms with Crippen molar-refractivity contribution in [3.05, 3.63) is 71.9 Å². The molecule has 3 aromatic rings. The fourth-order valence-electron chi connectivity index (χ4n) is 6.59. The first kappa shape index (κ1) is 51.0. The number of aromatic nitrogens is 1. The minimum Gasteiger partial charge on any atom is -0.480 e. The monoisotopic (exact) mass is 926 g/mol. The Balaban J connectivity index is 1.69. The number of hydrogen-bond acceptors (Lipinski definition) is 13. The molecular formula is C42H58N10O10S2. The van der Waals surface area contributed by atoms with E-state index in [0.717, 1.165) is 32.5 Å². The van der Waals surface area contributed by atoms with Crippen LogP contribution in [0.25, 0.3) is 10.9 Å². The van der Waals surface area contributed by atoms with Crippen molar-refractivity contribution in [2.24, 2.45) is 11.5 Å². The predicted octanol–water partition coefficient (Wildman–Crippen LogP) is -1.30. The van der Waals surface area contributed by atoms with E-state index in [1.807, 2.05) is 24.3 Å². The molecule has 20 nitrogen and oxygen atoms in total. The number of hydrogen-bond donors (Lipinski definition) is 12. The average molecular weight is 927 g/mol. The van der Waals surface area contributed by atoms with Crippen LogP contribution in [0.2, 0.25) is 0 Å². The van der Waals surface area contributed by atoms with E-state index in [1.54, 1.807) is 36.5 Å². The van der Waals surface area contributed by atoms with Crippen LogP contribution in [0.3, 0.4) is 0 Å². The Hall–Kier alpha value is -5.68. The minimum absolute atomic E-state index is 0.0232. The molecular weight excluding hydrogens is 869 g/mol. The number of aliphatic carboxylic acids is 1. The van der Waals surface area contributed by atoms with Crippen LogP contribution >= 0.6 is 21.6 Å². The number of carbonyl (C=O) groups excluding carboxylic acids is 7. The molecule has 9 atom stereocenters. The van der Waals surface area contributed by atoms with Crippen molar-refractivity contribution < 1.29 is 48.6 Å². The van der Waals surface area contributed by atoms with Crippen molar-refractivity contribution in [1.82, 2.24) is 42.2 Å². The van der Waals surface area contributed by atoms with Crippen molar-refractivity contribution in [1.29, 1.82) is 0 Å². The molecule has 2 aromatic carbocycles. The molecule has 1 fully saturated rings. The molecule has 7 amide bonds. The summed E-state index contributed by atoms with van der Waals surface area (Å²) in [6.07, 6.45) is 0.991. The first-order valence-electron chi connectivity index (χ1n) is 20.8. The Morgan fingerprint density at radius 3 is 1.92 bits per heavy atom. The van der Waals surface area contributed by atoms with Gasteiger partial charge in [0.05, 0.1) is 12.1 Å². The number of aliphatic hydroxyl groups is 1. The maximum atomic E-state index is 14.3. The van der Waals surface area contributed by atoms with Crippen molar-refractivity contribution in [2.45, 2.75) is 107 Å². The summed E-state index contributed by atoms with van der Waals surface area (Å²) in [5.74, 6) is -7.29. The van der Waals surface area contributed by atoms with Gasteiger partial charge in [-0.15, -0.1) is 0 Å². The highest BCUT2D eigenvalue weighted by molar-refractivity contribution is 8.76. The zero-order valence-electron chi connectivity index (χ0n) is 35.8. The third kappa shape index (κ3) is 15.2. The van der Waals surface area contributed by atoms with Crippen molar-refractivity contribution >= 4 is 79.8 Å². The van der Waals surface area contributed by atoms with Gasteiger partial charge < -0.3 is 63.9 Å². The standard InChI is InChI=1S/C42H58N10O10S2/c1-22-35(54)49-32(18-26-19-45-29-14-8-7-13-27(26)29)40(59)48-30(15-9-10-16-43)38(57)52-34(24(3)53)41(60)47-23(2)36(55)51-33(42(61)62)21-64-63-20-28(44)37(56)50-31(39(58)46-22)17-25-11-5-4-6-12-25/h4-8,11-14,19,22-24,28,30-34,45,53H,9-10,15-18,20-21,43-44H2,1-3H3,(H,46,58)(H,47,60)(H,48,59)(H,49,54)(H,50,56)(H,51,55)(H,52,57)(H,61,62)/t22-,23-,24+,28-,30-,31-,32-,33-,34-/m0/s1. The van der Waals surface area contributed by atoms with Crippen molar-refractivity contribution in [3.8, 4) is 0 Å². The molecule has 0 saturated carbocycles. The predicted molar refractivity (Wildman–Crippen MR) is 242 cm³/mol. The molecule has 0 bridgehead atoms. The Labute approximate surface area is 378 Å². The molecule has 0 spiro atoms. The van der Waals surface area contributed by atoms with Gasteiger partial charge in [-0.05, 0) is 63.8 Å². The number of para-hydroxylation sites is 1. The summed E-state index contributed by atoms with van der Waals surface area (Å²) in [6.45, 7) is 4.19. The van der Waals surface area contributed by atoms with Gasteiger partial charge in [0.15, 0.2) is 0 Å². The molecule has 0 unspecified atom stereocenters. The lowest BCUT2D eigenvalue weighted by atomic mass is 10.0. The van der Waals surface area contributed by atoms with E-state index < -0.39 is 102 Å². The molecule has 0 radical (unpaired) electrons. The van der Waals surface area contributed by atoms with Crippen LogP contribution in [0.5, 0.6) is 0 Å². The molecule has 1 aliphatic heterocycles. The number of nitrogens with two attached hydrogens (primary N) is 2. The van der Waals surface area contributed by atoms with Gasteiger partial charge in [-0.1, -0.05) is 70.1 Å². The second-order valence-corrected chi connectivity index (χ2v) is 18.0. The average Bonchev–Trinajstić information content (AvgIpc) is 3.67. The fourth-order valence-corrected chi connectivity index (χ4v) is 8.87. The van der Waals surface area contributed by atoms with Gasteiger partial charge in [-0.3, -0.25) is 33.6 Å². The third-order valence-electron chi connectivity index (χ3n) is 10.3.